The summed E-state index contributed by atoms with van der Waals surface area (Å²) in [4.78, 5) is 4.30. The van der Waals surface area contributed by atoms with Crippen LogP contribution in [0, 0.1) is 0 Å². The Kier molecular flexibility index (Phi) is 6.71. The molecule has 27 heavy (non-hydrogen) atoms. The maximum absolute atomic E-state index is 5.90. The second-order valence-electron chi connectivity index (χ2n) is 7.10. The Morgan fingerprint density at radius 3 is 2.67 bits per heavy atom. The zero-order valence-corrected chi connectivity index (χ0v) is 16.2. The molecule has 1 aliphatic heterocycles. The molecule has 0 spiro atoms. The molecule has 2 aromatic carbocycles. The average molecular weight is 367 g/mol. The van der Waals surface area contributed by atoms with Crippen LogP contribution in [0.5, 0.6) is 5.75 Å². The van der Waals surface area contributed by atoms with Gasteiger partial charge in [-0.2, -0.15) is 0 Å². The lowest BCUT2D eigenvalue weighted by Gasteiger charge is -2.24. The standard InChI is InChI=1S/C22H29N3O2/c1-22(12-7-13-27-22)17-25-21(23-2)24-15-19-10-6-11-20(14-19)26-16-18-8-4-3-5-9-18/h3-6,8-11,14H,7,12-13,15-17H2,1-2H3,(H2,23,24,25). The Balaban J connectivity index is 1.48. The third kappa shape index (κ3) is 6.00. The van der Waals surface area contributed by atoms with E-state index in [0.717, 1.165) is 48.8 Å². The van der Waals surface area contributed by atoms with E-state index < -0.39 is 0 Å². The van der Waals surface area contributed by atoms with E-state index in [1.807, 2.05) is 30.3 Å². The van der Waals surface area contributed by atoms with E-state index in [-0.39, 0.29) is 5.60 Å². The predicted molar refractivity (Wildman–Crippen MR) is 109 cm³/mol. The van der Waals surface area contributed by atoms with Gasteiger partial charge in [0.15, 0.2) is 5.96 Å². The second kappa shape index (κ2) is 9.42. The van der Waals surface area contributed by atoms with Crippen molar-refractivity contribution in [2.75, 3.05) is 20.2 Å². The van der Waals surface area contributed by atoms with Crippen molar-refractivity contribution in [3.05, 3.63) is 65.7 Å². The highest BCUT2D eigenvalue weighted by Gasteiger charge is 2.29. The van der Waals surface area contributed by atoms with Crippen molar-refractivity contribution in [2.45, 2.75) is 38.5 Å². The summed E-state index contributed by atoms with van der Waals surface area (Å²) in [5.41, 5.74) is 2.21. The summed E-state index contributed by atoms with van der Waals surface area (Å²) >= 11 is 0. The Bertz CT molecular complexity index is 740. The first-order valence-electron chi connectivity index (χ1n) is 9.51. The average Bonchev–Trinajstić information content (AvgIpc) is 3.14. The van der Waals surface area contributed by atoms with Crippen molar-refractivity contribution < 1.29 is 9.47 Å². The fourth-order valence-electron chi connectivity index (χ4n) is 3.14. The number of nitrogens with zero attached hydrogens (tertiary/aromatic N) is 1. The minimum atomic E-state index is -0.0944. The SMILES string of the molecule is CN=C(NCc1cccc(OCc2ccccc2)c1)NCC1(C)CCCO1. The molecular formula is C22H29N3O2. The van der Waals surface area contributed by atoms with Crippen LogP contribution in [-0.2, 0) is 17.9 Å². The highest BCUT2D eigenvalue weighted by atomic mass is 16.5. The van der Waals surface area contributed by atoms with Gasteiger partial charge in [-0.05, 0) is 43.0 Å². The number of ether oxygens (including phenoxy) is 2. The number of hydrogen-bond acceptors (Lipinski definition) is 3. The number of guanidine groups is 1. The third-order valence-corrected chi connectivity index (χ3v) is 4.76. The lowest BCUT2D eigenvalue weighted by Crippen LogP contribution is -2.45. The molecule has 0 bridgehead atoms. The molecule has 5 heteroatoms. The molecular weight excluding hydrogens is 338 g/mol. The van der Waals surface area contributed by atoms with Crippen LogP contribution in [-0.4, -0.2) is 31.8 Å². The molecule has 1 fully saturated rings. The van der Waals surface area contributed by atoms with Crippen LogP contribution < -0.4 is 15.4 Å². The zero-order chi connectivity index (χ0) is 19.0. The van der Waals surface area contributed by atoms with E-state index in [4.69, 9.17) is 9.47 Å². The van der Waals surface area contributed by atoms with Crippen molar-refractivity contribution in [1.29, 1.82) is 0 Å². The third-order valence-electron chi connectivity index (χ3n) is 4.76. The quantitative estimate of drug-likeness (QED) is 0.581. The van der Waals surface area contributed by atoms with Crippen LogP contribution in [0.15, 0.2) is 59.6 Å². The van der Waals surface area contributed by atoms with Gasteiger partial charge >= 0.3 is 0 Å². The molecule has 0 aliphatic carbocycles. The topological polar surface area (TPSA) is 54.9 Å². The lowest BCUT2D eigenvalue weighted by atomic mass is 10.0. The maximum Gasteiger partial charge on any atom is 0.191 e. The molecule has 1 saturated heterocycles. The number of rotatable bonds is 7. The van der Waals surface area contributed by atoms with Crippen LogP contribution in [0.1, 0.15) is 30.9 Å². The first-order chi connectivity index (χ1) is 13.2. The van der Waals surface area contributed by atoms with Crippen molar-refractivity contribution >= 4 is 5.96 Å². The summed E-state index contributed by atoms with van der Waals surface area (Å²) in [6, 6.07) is 18.3. The summed E-state index contributed by atoms with van der Waals surface area (Å²) < 4.78 is 11.7. The number of nitrogens with one attached hydrogen (secondary N) is 2. The van der Waals surface area contributed by atoms with Gasteiger partial charge < -0.3 is 20.1 Å². The van der Waals surface area contributed by atoms with Crippen molar-refractivity contribution in [3.63, 3.8) is 0 Å². The van der Waals surface area contributed by atoms with E-state index in [2.05, 4.69) is 46.8 Å². The Morgan fingerprint density at radius 2 is 1.93 bits per heavy atom. The number of benzene rings is 2. The monoisotopic (exact) mass is 367 g/mol. The van der Waals surface area contributed by atoms with Gasteiger partial charge in [0.25, 0.3) is 0 Å². The molecule has 5 nitrogen and oxygen atoms in total. The molecule has 3 rings (SSSR count). The Morgan fingerprint density at radius 1 is 1.11 bits per heavy atom. The van der Waals surface area contributed by atoms with Gasteiger partial charge in [0.1, 0.15) is 12.4 Å². The highest BCUT2D eigenvalue weighted by molar-refractivity contribution is 5.79. The van der Waals surface area contributed by atoms with Gasteiger partial charge in [-0.3, -0.25) is 4.99 Å². The molecule has 0 radical (unpaired) electrons. The molecule has 1 atom stereocenters. The second-order valence-corrected chi connectivity index (χ2v) is 7.10. The highest BCUT2D eigenvalue weighted by Crippen LogP contribution is 2.23. The van der Waals surface area contributed by atoms with E-state index in [0.29, 0.717) is 13.2 Å². The predicted octanol–water partition coefficient (Wildman–Crippen LogP) is 3.50. The smallest absolute Gasteiger partial charge is 0.191 e. The van der Waals surface area contributed by atoms with E-state index in [9.17, 15) is 0 Å². The molecule has 1 heterocycles. The fourth-order valence-corrected chi connectivity index (χ4v) is 3.14. The van der Waals surface area contributed by atoms with Crippen molar-refractivity contribution in [2.24, 2.45) is 4.99 Å². The van der Waals surface area contributed by atoms with Crippen LogP contribution in [0.2, 0.25) is 0 Å². The summed E-state index contributed by atoms with van der Waals surface area (Å²) in [6.07, 6.45) is 2.21. The minimum absolute atomic E-state index is 0.0944. The molecule has 0 aromatic heterocycles. The maximum atomic E-state index is 5.90. The summed E-state index contributed by atoms with van der Waals surface area (Å²) in [5, 5.41) is 6.72. The van der Waals surface area contributed by atoms with Gasteiger partial charge in [-0.25, -0.2) is 0 Å². The van der Waals surface area contributed by atoms with Gasteiger partial charge in [-0.1, -0.05) is 42.5 Å². The van der Waals surface area contributed by atoms with Gasteiger partial charge in [-0.15, -0.1) is 0 Å². The van der Waals surface area contributed by atoms with Crippen molar-refractivity contribution in [3.8, 4) is 5.75 Å². The lowest BCUT2D eigenvalue weighted by molar-refractivity contribution is 0.0243. The number of hydrogen-bond donors (Lipinski definition) is 2. The first kappa shape index (κ1) is 19.2. The molecule has 144 valence electrons. The van der Waals surface area contributed by atoms with E-state index in [1.165, 1.54) is 0 Å². The Hall–Kier alpha value is -2.53. The van der Waals surface area contributed by atoms with E-state index in [1.54, 1.807) is 7.05 Å². The molecule has 2 N–H and O–H groups in total. The minimum Gasteiger partial charge on any atom is -0.489 e. The van der Waals surface area contributed by atoms with Crippen LogP contribution in [0.25, 0.3) is 0 Å². The largest absolute Gasteiger partial charge is 0.489 e. The van der Waals surface area contributed by atoms with E-state index >= 15 is 0 Å². The fraction of sp³-hybridized carbons (Fsp3) is 0.409. The molecule has 0 saturated carbocycles. The Labute approximate surface area is 161 Å². The molecule has 2 aromatic rings. The summed E-state index contributed by atoms with van der Waals surface area (Å²) in [6.45, 7) is 5.00. The molecule has 0 amide bonds. The first-order valence-corrected chi connectivity index (χ1v) is 9.51. The molecule has 1 unspecified atom stereocenters. The van der Waals surface area contributed by atoms with Gasteiger partial charge in [0.05, 0.1) is 5.60 Å². The summed E-state index contributed by atoms with van der Waals surface area (Å²) in [5.74, 6) is 1.65. The van der Waals surface area contributed by atoms with Crippen LogP contribution >= 0.6 is 0 Å². The summed E-state index contributed by atoms with van der Waals surface area (Å²) in [7, 11) is 1.78. The van der Waals surface area contributed by atoms with Crippen molar-refractivity contribution in [1.82, 2.24) is 10.6 Å². The van der Waals surface area contributed by atoms with Crippen LogP contribution in [0.4, 0.5) is 0 Å². The van der Waals surface area contributed by atoms with Crippen LogP contribution in [0.3, 0.4) is 0 Å². The number of aliphatic imine (C=N–C) groups is 1. The zero-order valence-electron chi connectivity index (χ0n) is 16.2. The van der Waals surface area contributed by atoms with Gasteiger partial charge in [0.2, 0.25) is 0 Å². The normalized spacial score (nSPS) is 19.7. The molecule has 1 aliphatic rings. The van der Waals surface area contributed by atoms with Gasteiger partial charge in [0, 0.05) is 26.7 Å².